The van der Waals surface area contributed by atoms with Gasteiger partial charge >= 0.3 is 0 Å². The molecule has 0 bridgehead atoms. The van der Waals surface area contributed by atoms with Crippen LogP contribution < -0.4 is 29.0 Å². The number of anilines is 1. The van der Waals surface area contributed by atoms with Crippen LogP contribution in [0, 0.1) is 0 Å². The van der Waals surface area contributed by atoms with Gasteiger partial charge in [0.2, 0.25) is 21.7 Å². The molecule has 0 aliphatic carbocycles. The minimum absolute atomic E-state index is 0.00971. The molecule has 3 aromatic carbocycles. The predicted molar refractivity (Wildman–Crippen MR) is 166 cm³/mol. The van der Waals surface area contributed by atoms with E-state index in [4.69, 9.17) is 23.7 Å². The van der Waals surface area contributed by atoms with Crippen molar-refractivity contribution in [2.24, 2.45) is 0 Å². The molecular weight excluding hydrogens is 588 g/mol. The quantitative estimate of drug-likeness (QED) is 0.327. The summed E-state index contributed by atoms with van der Waals surface area (Å²) in [6.45, 7) is 0.994. The Morgan fingerprint density at radius 1 is 0.750 bits per heavy atom. The fourth-order valence-corrected chi connectivity index (χ4v) is 6.14. The zero-order valence-corrected chi connectivity index (χ0v) is 26.1. The fraction of sp³-hybridized carbons (Fsp3) is 0.250. The van der Waals surface area contributed by atoms with Gasteiger partial charge in [-0.2, -0.15) is 4.31 Å². The summed E-state index contributed by atoms with van der Waals surface area (Å²) in [6.07, 6.45) is 3.23. The van der Waals surface area contributed by atoms with Gasteiger partial charge < -0.3 is 29.0 Å². The third-order valence-electron chi connectivity index (χ3n) is 6.83. The Balaban J connectivity index is 1.83. The summed E-state index contributed by atoms with van der Waals surface area (Å²) in [4.78, 5) is 25.3. The third kappa shape index (κ3) is 7.04. The van der Waals surface area contributed by atoms with E-state index in [9.17, 15) is 18.0 Å². The minimum Gasteiger partial charge on any atom is -0.497 e. The smallest absolute Gasteiger partial charge is 0.243 e. The zero-order valence-electron chi connectivity index (χ0n) is 25.3. The number of benzene rings is 3. The summed E-state index contributed by atoms with van der Waals surface area (Å²) >= 11 is 0. The summed E-state index contributed by atoms with van der Waals surface area (Å²) < 4.78 is 56.1. The zero-order chi connectivity index (χ0) is 32.0. The van der Waals surface area contributed by atoms with Crippen LogP contribution in [0.3, 0.4) is 0 Å². The van der Waals surface area contributed by atoms with Crippen molar-refractivity contribution in [3.63, 3.8) is 0 Å². The van der Waals surface area contributed by atoms with E-state index >= 15 is 0 Å². The van der Waals surface area contributed by atoms with Crippen LogP contribution in [-0.2, 0) is 19.6 Å². The lowest BCUT2D eigenvalue weighted by Gasteiger charge is -2.29. The van der Waals surface area contributed by atoms with Crippen molar-refractivity contribution in [1.29, 1.82) is 0 Å². The number of carbonyl (C=O) groups is 2. The topological polar surface area (TPSA) is 130 Å². The number of nitrogens with zero attached hydrogens (tertiary/aromatic N) is 1. The Kier molecular flexibility index (Phi) is 9.97. The summed E-state index contributed by atoms with van der Waals surface area (Å²) in [7, 11) is 3.40. The van der Waals surface area contributed by atoms with E-state index in [0.29, 0.717) is 45.6 Å². The highest BCUT2D eigenvalue weighted by atomic mass is 32.2. The second-order valence-electron chi connectivity index (χ2n) is 9.75. The molecule has 0 unspecified atom stereocenters. The fourth-order valence-electron chi connectivity index (χ4n) is 4.74. The first-order valence-electron chi connectivity index (χ1n) is 13.4. The van der Waals surface area contributed by atoms with E-state index < -0.39 is 10.0 Å². The minimum atomic E-state index is -4.08. The maximum absolute atomic E-state index is 13.9. The van der Waals surface area contributed by atoms with E-state index in [1.807, 2.05) is 0 Å². The molecule has 11 nitrogen and oxygen atoms in total. The summed E-state index contributed by atoms with van der Waals surface area (Å²) in [5.41, 5.74) is 2.06. The molecule has 4 rings (SSSR count). The molecule has 232 valence electrons. The molecule has 44 heavy (non-hydrogen) atoms. The summed E-state index contributed by atoms with van der Waals surface area (Å²) in [5.74, 6) is 1.56. The Morgan fingerprint density at radius 2 is 1.25 bits per heavy atom. The first-order valence-corrected chi connectivity index (χ1v) is 14.8. The Labute approximate surface area is 256 Å². The number of amides is 1. The Hall–Kier alpha value is -4.81. The summed E-state index contributed by atoms with van der Waals surface area (Å²) in [5, 5.41) is 2.62. The van der Waals surface area contributed by atoms with Gasteiger partial charge in [-0.1, -0.05) is 0 Å². The van der Waals surface area contributed by atoms with Gasteiger partial charge in [-0.05, 0) is 71.8 Å². The Morgan fingerprint density at radius 3 is 1.68 bits per heavy atom. The normalized spacial score (nSPS) is 15.6. The summed E-state index contributed by atoms with van der Waals surface area (Å²) in [6, 6.07) is 14.3. The highest BCUT2D eigenvalue weighted by molar-refractivity contribution is 7.89. The van der Waals surface area contributed by atoms with E-state index in [1.54, 1.807) is 42.5 Å². The van der Waals surface area contributed by atoms with Gasteiger partial charge in [0, 0.05) is 42.9 Å². The number of piperidine rings is 1. The molecule has 1 aliphatic heterocycles. The van der Waals surface area contributed by atoms with E-state index in [2.05, 4.69) is 5.32 Å². The van der Waals surface area contributed by atoms with E-state index in [0.717, 1.165) is 0 Å². The molecule has 0 saturated carbocycles. The number of carbonyl (C=O) groups excluding carboxylic acids is 2. The first kappa shape index (κ1) is 32.1. The van der Waals surface area contributed by atoms with Gasteiger partial charge in [0.1, 0.15) is 11.5 Å². The van der Waals surface area contributed by atoms with Crippen molar-refractivity contribution in [3.8, 4) is 28.7 Å². The van der Waals surface area contributed by atoms with Gasteiger partial charge in [-0.25, -0.2) is 8.42 Å². The lowest BCUT2D eigenvalue weighted by molar-refractivity contribution is -0.114. The van der Waals surface area contributed by atoms with Crippen molar-refractivity contribution >= 4 is 39.6 Å². The highest BCUT2D eigenvalue weighted by Crippen LogP contribution is 2.39. The van der Waals surface area contributed by atoms with Gasteiger partial charge in [0.25, 0.3) is 0 Å². The predicted octanol–water partition coefficient (Wildman–Crippen LogP) is 4.43. The van der Waals surface area contributed by atoms with E-state index in [-0.39, 0.29) is 40.8 Å². The standard InChI is InChI=1S/C32H34N2O9S/c1-20(35)33-25-7-9-28(10-8-25)44(37,38)34-18-23(11-21-13-26(39-2)17-27(14-21)40-3)31(36)24(19-34)12-22-15-29(41-4)32(43-6)30(16-22)42-5/h7-17H,18-19H2,1-6H3,(H,33,35). The lowest BCUT2D eigenvalue weighted by atomic mass is 9.95. The molecule has 1 N–H and O–H groups in total. The largest absolute Gasteiger partial charge is 0.497 e. The third-order valence-corrected chi connectivity index (χ3v) is 8.64. The molecule has 0 radical (unpaired) electrons. The molecule has 1 fully saturated rings. The number of hydrogen-bond donors (Lipinski definition) is 1. The molecule has 1 heterocycles. The van der Waals surface area contributed by atoms with Crippen LogP contribution in [0.25, 0.3) is 12.2 Å². The molecule has 0 aromatic heterocycles. The van der Waals surface area contributed by atoms with Crippen molar-refractivity contribution in [2.45, 2.75) is 11.8 Å². The number of hydrogen-bond acceptors (Lipinski definition) is 9. The molecule has 1 saturated heterocycles. The highest BCUT2D eigenvalue weighted by Gasteiger charge is 2.34. The molecule has 0 spiro atoms. The SMILES string of the molecule is COc1cc(C=C2CN(S(=O)(=O)c3ccc(NC(C)=O)cc3)CC(=Cc3cc(OC)c(OC)c(OC)c3)C2=O)cc(OC)c1. The van der Waals surface area contributed by atoms with Crippen LogP contribution in [0.4, 0.5) is 5.69 Å². The lowest BCUT2D eigenvalue weighted by Crippen LogP contribution is -2.41. The van der Waals surface area contributed by atoms with E-state index in [1.165, 1.54) is 71.0 Å². The second-order valence-corrected chi connectivity index (χ2v) is 11.7. The number of nitrogens with one attached hydrogen (secondary N) is 1. The first-order chi connectivity index (χ1) is 21.0. The number of Topliss-reactive ketones (excluding diaryl/α,β-unsaturated/α-hetero) is 1. The second kappa shape index (κ2) is 13.7. The maximum Gasteiger partial charge on any atom is 0.243 e. The van der Waals surface area contributed by atoms with Crippen LogP contribution in [0.2, 0.25) is 0 Å². The molecule has 3 aromatic rings. The van der Waals surface area contributed by atoms with Crippen LogP contribution >= 0.6 is 0 Å². The maximum atomic E-state index is 13.9. The number of rotatable bonds is 10. The van der Waals surface area contributed by atoms with Crippen molar-refractivity contribution in [3.05, 3.63) is 76.9 Å². The van der Waals surface area contributed by atoms with Crippen LogP contribution in [-0.4, -0.2) is 73.1 Å². The molecule has 0 atom stereocenters. The van der Waals surface area contributed by atoms with Gasteiger partial charge in [-0.3, -0.25) is 9.59 Å². The molecule has 1 aliphatic rings. The van der Waals surface area contributed by atoms with Crippen molar-refractivity contribution in [2.75, 3.05) is 54.0 Å². The van der Waals surface area contributed by atoms with Crippen LogP contribution in [0.5, 0.6) is 28.7 Å². The number of ether oxygens (including phenoxy) is 5. The number of ketones is 1. The van der Waals surface area contributed by atoms with Crippen LogP contribution in [0.15, 0.2) is 70.6 Å². The average Bonchev–Trinajstić information content (AvgIpc) is 3.01. The van der Waals surface area contributed by atoms with Gasteiger partial charge in [-0.15, -0.1) is 0 Å². The van der Waals surface area contributed by atoms with Crippen LogP contribution in [0.1, 0.15) is 18.1 Å². The average molecular weight is 623 g/mol. The van der Waals surface area contributed by atoms with Crippen molar-refractivity contribution < 1.29 is 41.7 Å². The van der Waals surface area contributed by atoms with Gasteiger partial charge in [0.15, 0.2) is 17.3 Å². The molecule has 12 heteroatoms. The molecule has 1 amide bonds. The van der Waals surface area contributed by atoms with Crippen molar-refractivity contribution in [1.82, 2.24) is 4.31 Å². The Bertz CT molecular complexity index is 1680. The molecular formula is C32H34N2O9S. The monoisotopic (exact) mass is 622 g/mol. The van der Waals surface area contributed by atoms with Gasteiger partial charge in [0.05, 0.1) is 40.4 Å². The number of sulfonamides is 1. The number of methoxy groups -OCH3 is 5.